The third-order valence-corrected chi connectivity index (χ3v) is 23.7. The molecule has 2 unspecified atom stereocenters. The Balaban J connectivity index is 0.000000762. The summed E-state index contributed by atoms with van der Waals surface area (Å²) in [7, 11) is -5.32. The van der Waals surface area contributed by atoms with Crippen LogP contribution < -0.4 is 55.2 Å². The van der Waals surface area contributed by atoms with Crippen molar-refractivity contribution in [3.63, 3.8) is 0 Å². The summed E-state index contributed by atoms with van der Waals surface area (Å²) >= 11 is 0. The Morgan fingerprint density at radius 3 is 1.83 bits per heavy atom. The molecule has 7 heterocycles. The molecule has 0 saturated carbocycles. The second kappa shape index (κ2) is 35.2. The van der Waals surface area contributed by atoms with Gasteiger partial charge in [-0.1, -0.05) is 83.5 Å². The van der Waals surface area contributed by atoms with Gasteiger partial charge < -0.3 is 101 Å². The van der Waals surface area contributed by atoms with Gasteiger partial charge in [0.05, 0.1) is 30.1 Å². The topological polar surface area (TPSA) is 530 Å². The number of hydrogen-bond donors (Lipinski definition) is 11. The number of ether oxygens (including phenoxy) is 1. The first-order valence-corrected chi connectivity index (χ1v) is 37.2. The predicted octanol–water partition coefficient (Wildman–Crippen LogP) is 6.74. The van der Waals surface area contributed by atoms with E-state index in [0.717, 1.165) is 22.5 Å². The number of aryl methyl sites for hydroxylation is 2. The van der Waals surface area contributed by atoms with Crippen molar-refractivity contribution >= 4 is 94.7 Å². The molecule has 6 aliphatic heterocycles. The molecule has 8 bridgehead atoms. The van der Waals surface area contributed by atoms with Gasteiger partial charge in [-0.2, -0.15) is 5.70 Å². The van der Waals surface area contributed by atoms with E-state index in [1.807, 2.05) is 141 Å². The molecule has 0 aliphatic carbocycles. The maximum atomic E-state index is 14.4. The number of aromatic nitrogens is 2. The molecule has 3 aromatic carbocycles. The van der Waals surface area contributed by atoms with Crippen LogP contribution in [0.15, 0.2) is 128 Å². The molecule has 31 nitrogen and oxygen atoms in total. The maximum absolute atomic E-state index is 14.4. The number of rotatable bonds is 28. The molecule has 588 valence electrons. The number of hydrogen-bond acceptors (Lipinski definition) is 20. The number of nitrogens with zero attached hydrogens (tertiary/aromatic N) is 7. The summed E-state index contributed by atoms with van der Waals surface area (Å²) in [6, 6.07) is 21.1. The van der Waals surface area contributed by atoms with Gasteiger partial charge in [0.2, 0.25) is 41.4 Å². The number of phosphoric acid groups is 1. The molecule has 17 N–H and O–H groups in total. The van der Waals surface area contributed by atoms with Gasteiger partial charge in [0.1, 0.15) is 18.3 Å². The van der Waals surface area contributed by atoms with E-state index < -0.39 is 143 Å². The minimum Gasteiger partial charge on any atom is -0.756 e. The number of nitrogens with one attached hydrogen (secondary N) is 3. The molecule has 1 aromatic heterocycles. The van der Waals surface area contributed by atoms with Crippen LogP contribution in [0, 0.1) is 71.0 Å². The second-order valence-electron chi connectivity index (χ2n) is 30.3. The molecule has 10 rings (SSSR count). The Morgan fingerprint density at radius 2 is 1.28 bits per heavy atom. The Hall–Kier alpha value is -9.29. The van der Waals surface area contributed by atoms with Crippen LogP contribution in [-0.4, -0.2) is 133 Å². The first-order chi connectivity index (χ1) is 50.7. The molecule has 33 heteroatoms. The van der Waals surface area contributed by atoms with Crippen LogP contribution >= 0.6 is 7.82 Å². The van der Waals surface area contributed by atoms with Gasteiger partial charge >= 0.3 is 22.8 Å². The number of aliphatic hydroxyl groups is 2. The predicted molar refractivity (Wildman–Crippen MR) is 402 cm³/mol. The number of carbonyl (C=O) groups is 8. The van der Waals surface area contributed by atoms with Gasteiger partial charge in [0.15, 0.2) is 6.23 Å². The maximum Gasteiger partial charge on any atom is 3.00 e. The van der Waals surface area contributed by atoms with Gasteiger partial charge in [0.25, 0.3) is 7.82 Å². The summed E-state index contributed by atoms with van der Waals surface area (Å²) < 4.78 is 31.9. The quantitative estimate of drug-likeness (QED) is 0.0207. The van der Waals surface area contributed by atoms with Gasteiger partial charge in [-0.15, -0.1) is 0 Å². The summed E-state index contributed by atoms with van der Waals surface area (Å²) in [6.07, 6.45) is -4.79. The van der Waals surface area contributed by atoms with Gasteiger partial charge in [-0.3, -0.25) is 53.1 Å². The van der Waals surface area contributed by atoms with Crippen molar-refractivity contribution in [1.29, 1.82) is 5.26 Å². The summed E-state index contributed by atoms with van der Waals surface area (Å²) in [4.78, 5) is 139. The fourth-order valence-corrected chi connectivity index (χ4v) is 17.8. The van der Waals surface area contributed by atoms with Gasteiger partial charge in [-0.25, -0.2) is 9.78 Å². The molecular weight excluding hydrogens is 1470 g/mol. The van der Waals surface area contributed by atoms with Gasteiger partial charge in [0, 0.05) is 126 Å². The SMILES string of the molecule is C/C1=C2N=C(/C=C3N=C(/C(C)=C4\[N-][C@@](C)([C@@H]5N=C1[C@](C)(CCC(=O)NCC(C)OP(=O)([O-])O[C@H]1[C@@H](O)[C@@H](n6cnc7cc(C)c(C)cc76)O[C@@H]1CO)[C@H]5CC(N)=O)[C@@](C)(CC(N)=O)[C@@H]4CCC(N)=O)[C@@](C)(CC(N)=O)[C@@H]\3CCC(N)=O)C(C)(C)[C@@H]/2CCC(N)=O.O=C(Nc1ccccc1)Nc1ccccc1.[C-]#N.[Co+3]. The summed E-state index contributed by atoms with van der Waals surface area (Å²) in [5, 5.41) is 41.9. The van der Waals surface area contributed by atoms with E-state index in [-0.39, 0.29) is 100.0 Å². The molecule has 4 aromatic rings. The number of aliphatic imine (C=N–C) groups is 3. The Bertz CT molecular complexity index is 4370. The van der Waals surface area contributed by atoms with Crippen molar-refractivity contribution in [1.82, 2.24) is 14.9 Å². The summed E-state index contributed by atoms with van der Waals surface area (Å²) in [5.41, 5.74) is 38.2. The molecule has 0 spiro atoms. The molecule has 109 heavy (non-hydrogen) atoms. The van der Waals surface area contributed by atoms with E-state index in [9.17, 15) is 58.0 Å². The number of benzene rings is 3. The van der Waals surface area contributed by atoms with Crippen LogP contribution in [0.1, 0.15) is 150 Å². The van der Waals surface area contributed by atoms with Crippen molar-refractivity contribution in [2.24, 2.45) is 94.7 Å². The minimum absolute atomic E-state index is 0. The molecule has 9 amide bonds. The van der Waals surface area contributed by atoms with Crippen LogP contribution in [0.2, 0.25) is 0 Å². The number of nitrogens with two attached hydrogens (primary N) is 6. The fourth-order valence-electron chi connectivity index (χ4n) is 16.7. The Labute approximate surface area is 644 Å². The molecule has 15 atom stereocenters. The number of carbonyl (C=O) groups excluding carboxylic acids is 8. The zero-order valence-corrected chi connectivity index (χ0v) is 65.1. The van der Waals surface area contributed by atoms with Crippen molar-refractivity contribution in [3.8, 4) is 0 Å². The van der Waals surface area contributed by atoms with E-state index in [0.29, 0.717) is 56.4 Å². The first-order valence-electron chi connectivity index (χ1n) is 35.7. The van der Waals surface area contributed by atoms with Crippen LogP contribution in [0.5, 0.6) is 0 Å². The van der Waals surface area contributed by atoms with Crippen molar-refractivity contribution in [2.45, 2.75) is 189 Å². The molecule has 2 saturated heterocycles. The molecular formula is C76H100CoN16O15P. The minimum atomic E-state index is -5.32. The third-order valence-electron chi connectivity index (χ3n) is 22.5. The number of aliphatic hydroxyl groups excluding tert-OH is 2. The van der Waals surface area contributed by atoms with Crippen LogP contribution in [0.4, 0.5) is 16.2 Å². The smallest absolute Gasteiger partial charge is 0.756 e. The van der Waals surface area contributed by atoms with Gasteiger partial charge in [-0.05, 0) is 142 Å². The van der Waals surface area contributed by atoms with Crippen LogP contribution in [0.25, 0.3) is 16.4 Å². The third kappa shape index (κ3) is 18.8. The molecule has 6 aliphatic rings. The summed E-state index contributed by atoms with van der Waals surface area (Å²) in [6.45, 7) is 23.7. The van der Waals surface area contributed by atoms with Crippen molar-refractivity contribution in [2.75, 3.05) is 23.8 Å². The van der Waals surface area contributed by atoms with E-state index in [1.165, 1.54) is 17.8 Å². The average molecular weight is 1570 g/mol. The monoisotopic (exact) mass is 1570 g/mol. The average Bonchev–Trinajstić information content (AvgIpc) is 1.53. The number of fused-ring (bicyclic) bond motifs is 7. The number of primary amides is 6. The number of anilines is 2. The number of amides is 9. The number of imidazole rings is 1. The second-order valence-corrected chi connectivity index (χ2v) is 31.6. The van der Waals surface area contributed by atoms with Crippen molar-refractivity contribution in [3.05, 3.63) is 136 Å². The zero-order chi connectivity index (χ0) is 79.9. The molecule has 2 fully saturated rings. The number of para-hydroxylation sites is 2. The van der Waals surface area contributed by atoms with E-state index in [2.05, 4.69) is 20.9 Å². The number of allylic oxidation sites excluding steroid dienone is 6. The van der Waals surface area contributed by atoms with Crippen molar-refractivity contribution < 1.29 is 88.6 Å². The van der Waals surface area contributed by atoms with E-state index in [1.54, 1.807) is 6.92 Å². The normalized spacial score (nSPS) is 29.7. The first kappa shape index (κ1) is 86.9. The number of phosphoric ester groups is 1. The zero-order valence-electron chi connectivity index (χ0n) is 63.1. The molecule has 0 radical (unpaired) electrons. The Morgan fingerprint density at radius 1 is 0.734 bits per heavy atom. The van der Waals surface area contributed by atoms with E-state index in [4.69, 9.17) is 80.3 Å². The Kier molecular flexibility index (Phi) is 28.0. The largest absolute Gasteiger partial charge is 3.00 e. The summed E-state index contributed by atoms with van der Waals surface area (Å²) in [5.74, 6) is -7.40. The fraction of sp³-hybridized carbons (Fsp3) is 0.513. The van der Waals surface area contributed by atoms with E-state index >= 15 is 0 Å². The number of urea groups is 1. The van der Waals surface area contributed by atoms with Crippen LogP contribution in [0.3, 0.4) is 0 Å². The standard InChI is InChI=1S/C62H90N13O14P.C13H12N2O.CN.Co/c1-29-20-39-40(21-30(29)2)75(28-70-39)57-52(84)53(41(27-76)87-57)89-90(85,86)88-31(3)26-69-49(83)18-19-59(8)37(22-46(66)80)56-62(11)61(10,25-48(68)82)36(14-17-45(65)79)51(74-62)33(5)55-60(9,24-47(67)81)34(12-15-43(63)77)38(71-55)23-42-58(6,7)35(13-16-44(64)78)50(72-42)32(4)54(59)73-56;16-13(14-11-7-3-1-4-8-11)15-12-9-5-2-6-10-12;1-2;/h20-21,23,28,31,34-37,41,52-53,56-57,76,84H,12-19,22,24-27H2,1-11H3,(H15,63,64,65,66,67,68,69,71,72,73,74,77,78,79,80,81,82,83,85,86);1-10H,(H2,14,15,16);;/q;;-1;+3/p-2/t31?,34-,35-,36-,37+,41-,52-,53-,56-,57+,59-,60+,61+,62+;;;/m1.../s1. The van der Waals surface area contributed by atoms with Crippen LogP contribution in [-0.2, 0) is 68.7 Å².